The van der Waals surface area contributed by atoms with Crippen LogP contribution in [0, 0.1) is 11.3 Å². The minimum atomic E-state index is -0.194. The Morgan fingerprint density at radius 2 is 1.71 bits per heavy atom. The molecule has 2 rings (SSSR count). The van der Waals surface area contributed by atoms with Gasteiger partial charge in [0.15, 0.2) is 0 Å². The molecule has 3 nitrogen and oxygen atoms in total. The minimum Gasteiger partial charge on any atom is -0.488 e. The van der Waals surface area contributed by atoms with Crippen LogP contribution in [0.4, 0.5) is 0 Å². The molecule has 1 aromatic heterocycles. The molecule has 0 bridgehead atoms. The van der Waals surface area contributed by atoms with E-state index in [1.54, 1.807) is 18.5 Å². The Balaban J connectivity index is 2.09. The number of rotatable bonds is 3. The van der Waals surface area contributed by atoms with Crippen LogP contribution in [0.15, 0.2) is 42.7 Å². The fourth-order valence-corrected chi connectivity index (χ4v) is 1.80. The Kier molecular flexibility index (Phi) is 4.39. The van der Waals surface area contributed by atoms with Gasteiger partial charge >= 0.3 is 0 Å². The molecular formula is C18H18N2O. The number of benzene rings is 1. The monoisotopic (exact) mass is 278 g/mol. The average Bonchev–Trinajstić information content (AvgIpc) is 2.45. The van der Waals surface area contributed by atoms with Gasteiger partial charge in [-0.25, -0.2) is 0 Å². The summed E-state index contributed by atoms with van der Waals surface area (Å²) in [6.45, 7) is 6.07. The number of ether oxygens (including phenoxy) is 1. The second-order valence-electron chi connectivity index (χ2n) is 5.74. The Morgan fingerprint density at radius 3 is 2.33 bits per heavy atom. The highest BCUT2D eigenvalue weighted by molar-refractivity contribution is 5.69. The lowest BCUT2D eigenvalue weighted by atomic mass is 10.1. The summed E-state index contributed by atoms with van der Waals surface area (Å²) in [5.41, 5.74) is 2.34. The van der Waals surface area contributed by atoms with Crippen molar-refractivity contribution in [3.63, 3.8) is 0 Å². The van der Waals surface area contributed by atoms with Crippen molar-refractivity contribution in [2.24, 2.45) is 0 Å². The van der Waals surface area contributed by atoms with E-state index >= 15 is 0 Å². The Hall–Kier alpha value is -2.60. The van der Waals surface area contributed by atoms with E-state index in [0.717, 1.165) is 16.9 Å². The zero-order valence-electron chi connectivity index (χ0n) is 12.5. The second kappa shape index (κ2) is 6.23. The van der Waals surface area contributed by atoms with Gasteiger partial charge in [-0.15, -0.1) is 0 Å². The molecule has 1 heterocycles. The van der Waals surface area contributed by atoms with Crippen LogP contribution >= 0.6 is 0 Å². The minimum absolute atomic E-state index is 0.194. The van der Waals surface area contributed by atoms with Crippen LogP contribution in [0.1, 0.15) is 37.5 Å². The summed E-state index contributed by atoms with van der Waals surface area (Å²) in [6.07, 6.45) is 7.21. The standard InChI is InChI=1S/C18H18N2O/c1-18(2,3)21-17-8-6-14(7-9-17)4-5-15-10-16(11-19)13-20-12-15/h4-10,12-13H,1-3H3. The molecule has 0 saturated heterocycles. The van der Waals surface area contributed by atoms with Crippen molar-refractivity contribution in [1.29, 1.82) is 5.26 Å². The summed E-state index contributed by atoms with van der Waals surface area (Å²) in [5.74, 6) is 0.854. The Bertz CT molecular complexity index is 674. The van der Waals surface area contributed by atoms with Gasteiger partial charge in [0, 0.05) is 12.4 Å². The maximum Gasteiger partial charge on any atom is 0.120 e. The normalized spacial score (nSPS) is 11.3. The summed E-state index contributed by atoms with van der Waals surface area (Å²) in [7, 11) is 0. The van der Waals surface area contributed by atoms with Gasteiger partial charge in [-0.1, -0.05) is 24.3 Å². The lowest BCUT2D eigenvalue weighted by Gasteiger charge is -2.21. The third kappa shape index (κ3) is 4.77. The average molecular weight is 278 g/mol. The van der Waals surface area contributed by atoms with Gasteiger partial charge in [-0.2, -0.15) is 5.26 Å². The molecule has 0 radical (unpaired) electrons. The molecule has 106 valence electrons. The molecule has 0 spiro atoms. The van der Waals surface area contributed by atoms with Crippen LogP contribution in [0.3, 0.4) is 0 Å². The number of aromatic nitrogens is 1. The molecule has 0 atom stereocenters. The van der Waals surface area contributed by atoms with Gasteiger partial charge in [-0.3, -0.25) is 4.98 Å². The first-order valence-corrected chi connectivity index (χ1v) is 6.79. The Labute approximate surface area is 125 Å². The summed E-state index contributed by atoms with van der Waals surface area (Å²) < 4.78 is 5.78. The molecule has 0 aliphatic heterocycles. The number of nitriles is 1. The molecule has 21 heavy (non-hydrogen) atoms. The van der Waals surface area contributed by atoms with E-state index in [1.165, 1.54) is 0 Å². The highest BCUT2D eigenvalue weighted by Crippen LogP contribution is 2.19. The molecule has 0 aliphatic rings. The third-order valence-electron chi connectivity index (χ3n) is 2.66. The van der Waals surface area contributed by atoms with Gasteiger partial charge in [0.25, 0.3) is 0 Å². The summed E-state index contributed by atoms with van der Waals surface area (Å²) in [6, 6.07) is 11.8. The van der Waals surface area contributed by atoms with Crippen molar-refractivity contribution in [1.82, 2.24) is 4.98 Å². The van der Waals surface area contributed by atoms with Gasteiger partial charge in [0.2, 0.25) is 0 Å². The number of hydrogen-bond acceptors (Lipinski definition) is 3. The van der Waals surface area contributed by atoms with E-state index in [1.807, 2.05) is 57.2 Å². The molecule has 0 fully saturated rings. The fraction of sp³-hybridized carbons (Fsp3) is 0.222. The topological polar surface area (TPSA) is 45.9 Å². The van der Waals surface area contributed by atoms with Gasteiger partial charge in [-0.05, 0) is 50.1 Å². The van der Waals surface area contributed by atoms with Gasteiger partial charge in [0.05, 0.1) is 5.56 Å². The van der Waals surface area contributed by atoms with Crippen LogP contribution in [0.25, 0.3) is 12.2 Å². The molecule has 0 aliphatic carbocycles. The highest BCUT2D eigenvalue weighted by Gasteiger charge is 2.10. The molecule has 0 saturated carbocycles. The molecular weight excluding hydrogens is 260 g/mol. The first-order chi connectivity index (χ1) is 9.96. The maximum absolute atomic E-state index is 8.84. The van der Waals surface area contributed by atoms with Crippen LogP contribution < -0.4 is 4.74 Å². The first-order valence-electron chi connectivity index (χ1n) is 6.79. The van der Waals surface area contributed by atoms with Crippen molar-refractivity contribution in [2.45, 2.75) is 26.4 Å². The van der Waals surface area contributed by atoms with Crippen LogP contribution in [0.2, 0.25) is 0 Å². The zero-order chi connectivity index (χ0) is 15.3. The van der Waals surface area contributed by atoms with E-state index in [2.05, 4.69) is 11.1 Å². The molecule has 0 unspecified atom stereocenters. The summed E-state index contributed by atoms with van der Waals surface area (Å²) in [5, 5.41) is 8.84. The third-order valence-corrected chi connectivity index (χ3v) is 2.66. The second-order valence-corrected chi connectivity index (χ2v) is 5.74. The first kappa shape index (κ1) is 14.8. The van der Waals surface area contributed by atoms with E-state index < -0.39 is 0 Å². The quantitative estimate of drug-likeness (QED) is 0.840. The van der Waals surface area contributed by atoms with E-state index in [-0.39, 0.29) is 5.60 Å². The predicted octanol–water partition coefficient (Wildman–Crippen LogP) is 4.30. The number of nitrogens with zero attached hydrogens (tertiary/aromatic N) is 2. The lowest BCUT2D eigenvalue weighted by Crippen LogP contribution is -2.22. The fourth-order valence-electron chi connectivity index (χ4n) is 1.80. The van der Waals surface area contributed by atoms with Crippen molar-refractivity contribution in [3.8, 4) is 11.8 Å². The molecule has 1 aromatic carbocycles. The zero-order valence-corrected chi connectivity index (χ0v) is 12.5. The Morgan fingerprint density at radius 1 is 1.05 bits per heavy atom. The molecule has 0 amide bonds. The van der Waals surface area contributed by atoms with Gasteiger partial charge in [0.1, 0.15) is 17.4 Å². The molecule has 0 N–H and O–H groups in total. The van der Waals surface area contributed by atoms with E-state index in [0.29, 0.717) is 5.56 Å². The van der Waals surface area contributed by atoms with Crippen molar-refractivity contribution in [2.75, 3.05) is 0 Å². The lowest BCUT2D eigenvalue weighted by molar-refractivity contribution is 0.131. The SMILES string of the molecule is CC(C)(C)Oc1ccc(C=Cc2cncc(C#N)c2)cc1. The number of pyridine rings is 1. The van der Waals surface area contributed by atoms with Crippen molar-refractivity contribution >= 4 is 12.2 Å². The van der Waals surface area contributed by atoms with E-state index in [4.69, 9.17) is 10.00 Å². The van der Waals surface area contributed by atoms with Crippen LogP contribution in [-0.4, -0.2) is 10.6 Å². The number of hydrogen-bond donors (Lipinski definition) is 0. The summed E-state index contributed by atoms with van der Waals surface area (Å²) in [4.78, 5) is 4.03. The molecule has 3 heteroatoms. The maximum atomic E-state index is 8.84. The van der Waals surface area contributed by atoms with Crippen molar-refractivity contribution in [3.05, 3.63) is 59.4 Å². The van der Waals surface area contributed by atoms with Crippen LogP contribution in [0.5, 0.6) is 5.75 Å². The predicted molar refractivity (Wildman–Crippen MR) is 84.7 cm³/mol. The van der Waals surface area contributed by atoms with Gasteiger partial charge < -0.3 is 4.74 Å². The summed E-state index contributed by atoms with van der Waals surface area (Å²) >= 11 is 0. The largest absolute Gasteiger partial charge is 0.488 e. The van der Waals surface area contributed by atoms with Crippen molar-refractivity contribution < 1.29 is 4.74 Å². The van der Waals surface area contributed by atoms with Crippen LogP contribution in [-0.2, 0) is 0 Å². The smallest absolute Gasteiger partial charge is 0.120 e. The highest BCUT2D eigenvalue weighted by atomic mass is 16.5. The molecule has 2 aromatic rings. The van der Waals surface area contributed by atoms with E-state index in [9.17, 15) is 0 Å².